The van der Waals surface area contributed by atoms with Crippen LogP contribution in [-0.4, -0.2) is 9.97 Å². The zero-order valence-corrected chi connectivity index (χ0v) is 11.5. The van der Waals surface area contributed by atoms with Gasteiger partial charge in [0.1, 0.15) is 0 Å². The van der Waals surface area contributed by atoms with Gasteiger partial charge >= 0.3 is 0 Å². The quantitative estimate of drug-likeness (QED) is 0.884. The van der Waals surface area contributed by atoms with Gasteiger partial charge in [0.05, 0.1) is 0 Å². The summed E-state index contributed by atoms with van der Waals surface area (Å²) in [6.07, 6.45) is 0.741. The standard InChI is InChI=1S/C15H19N3O/c1-4-12-9-14(19)18-15(16-12)17-13-7-5-11(6-8-13)10(2)3/h5-10H,4H2,1-3H3,(H2,16,17,18,19). The van der Waals surface area contributed by atoms with Gasteiger partial charge in [-0.15, -0.1) is 0 Å². The summed E-state index contributed by atoms with van der Waals surface area (Å²) in [6.45, 7) is 6.29. The van der Waals surface area contributed by atoms with Crippen molar-refractivity contribution >= 4 is 11.6 Å². The van der Waals surface area contributed by atoms with Crippen molar-refractivity contribution in [1.82, 2.24) is 9.97 Å². The summed E-state index contributed by atoms with van der Waals surface area (Å²) >= 11 is 0. The molecule has 0 aliphatic heterocycles. The highest BCUT2D eigenvalue weighted by Crippen LogP contribution is 2.18. The molecule has 1 aromatic carbocycles. The van der Waals surface area contributed by atoms with Crippen molar-refractivity contribution in [3.63, 3.8) is 0 Å². The molecular formula is C15H19N3O. The molecule has 0 saturated carbocycles. The van der Waals surface area contributed by atoms with Crippen LogP contribution in [0.5, 0.6) is 0 Å². The molecule has 0 fully saturated rings. The summed E-state index contributed by atoms with van der Waals surface area (Å²) in [5, 5.41) is 3.12. The molecule has 2 N–H and O–H groups in total. The van der Waals surface area contributed by atoms with E-state index in [0.717, 1.165) is 17.8 Å². The fraction of sp³-hybridized carbons (Fsp3) is 0.333. The molecule has 1 heterocycles. The van der Waals surface area contributed by atoms with Crippen molar-refractivity contribution in [2.75, 3.05) is 5.32 Å². The lowest BCUT2D eigenvalue weighted by Gasteiger charge is -2.09. The zero-order valence-electron chi connectivity index (χ0n) is 11.5. The molecular weight excluding hydrogens is 238 g/mol. The molecule has 2 rings (SSSR count). The van der Waals surface area contributed by atoms with E-state index in [9.17, 15) is 4.79 Å². The van der Waals surface area contributed by atoms with Gasteiger partial charge in [0.2, 0.25) is 5.95 Å². The predicted octanol–water partition coefficient (Wildman–Crippen LogP) is 3.20. The van der Waals surface area contributed by atoms with Gasteiger partial charge in [0, 0.05) is 17.4 Å². The van der Waals surface area contributed by atoms with Gasteiger partial charge in [-0.3, -0.25) is 9.78 Å². The van der Waals surface area contributed by atoms with E-state index in [1.165, 1.54) is 11.6 Å². The molecule has 0 bridgehead atoms. The first kappa shape index (κ1) is 13.3. The summed E-state index contributed by atoms with van der Waals surface area (Å²) in [5.74, 6) is 0.997. The molecule has 0 radical (unpaired) electrons. The van der Waals surface area contributed by atoms with Crippen molar-refractivity contribution in [1.29, 1.82) is 0 Å². The SMILES string of the molecule is CCc1cc(=O)[nH]c(Nc2ccc(C(C)C)cc2)n1. The first-order valence-corrected chi connectivity index (χ1v) is 6.55. The number of nitrogens with zero attached hydrogens (tertiary/aromatic N) is 1. The Labute approximate surface area is 112 Å². The molecule has 0 amide bonds. The Morgan fingerprint density at radius 1 is 1.26 bits per heavy atom. The largest absolute Gasteiger partial charge is 0.326 e. The number of benzene rings is 1. The maximum Gasteiger partial charge on any atom is 0.252 e. The van der Waals surface area contributed by atoms with Gasteiger partial charge in [-0.05, 0) is 30.0 Å². The average molecular weight is 257 g/mol. The summed E-state index contributed by atoms with van der Waals surface area (Å²) in [7, 11) is 0. The van der Waals surface area contributed by atoms with Crippen molar-refractivity contribution in [3.8, 4) is 0 Å². The second-order valence-electron chi connectivity index (χ2n) is 4.84. The lowest BCUT2D eigenvalue weighted by Crippen LogP contribution is -2.11. The zero-order chi connectivity index (χ0) is 13.8. The number of aryl methyl sites for hydroxylation is 1. The fourth-order valence-corrected chi connectivity index (χ4v) is 1.84. The molecule has 0 spiro atoms. The van der Waals surface area contributed by atoms with Crippen LogP contribution in [0.2, 0.25) is 0 Å². The van der Waals surface area contributed by atoms with E-state index in [2.05, 4.69) is 41.3 Å². The first-order chi connectivity index (χ1) is 9.08. The average Bonchev–Trinajstić information content (AvgIpc) is 2.38. The highest BCUT2D eigenvalue weighted by Gasteiger charge is 2.02. The van der Waals surface area contributed by atoms with Gasteiger partial charge in [-0.1, -0.05) is 32.9 Å². The summed E-state index contributed by atoms with van der Waals surface area (Å²) < 4.78 is 0. The Bertz CT molecular complexity index is 600. The molecule has 4 nitrogen and oxygen atoms in total. The second kappa shape index (κ2) is 5.69. The van der Waals surface area contributed by atoms with Crippen LogP contribution in [0.4, 0.5) is 11.6 Å². The number of nitrogens with one attached hydrogen (secondary N) is 2. The molecule has 2 aromatic rings. The first-order valence-electron chi connectivity index (χ1n) is 6.55. The van der Waals surface area contributed by atoms with E-state index in [1.54, 1.807) is 0 Å². The van der Waals surface area contributed by atoms with Gasteiger partial charge < -0.3 is 5.32 Å². The summed E-state index contributed by atoms with van der Waals surface area (Å²) in [5.41, 5.74) is 2.85. The summed E-state index contributed by atoms with van der Waals surface area (Å²) in [6, 6.07) is 9.67. The van der Waals surface area contributed by atoms with Crippen LogP contribution < -0.4 is 10.9 Å². The molecule has 0 unspecified atom stereocenters. The number of hydrogen-bond acceptors (Lipinski definition) is 3. The predicted molar refractivity (Wildman–Crippen MR) is 78.0 cm³/mol. The van der Waals surface area contributed by atoms with Crippen molar-refractivity contribution in [3.05, 3.63) is 51.9 Å². The minimum absolute atomic E-state index is 0.131. The number of H-pyrrole nitrogens is 1. The number of aromatic nitrogens is 2. The van der Waals surface area contributed by atoms with Crippen LogP contribution in [0.3, 0.4) is 0 Å². The van der Waals surface area contributed by atoms with Crippen LogP contribution in [0.15, 0.2) is 35.1 Å². The fourth-order valence-electron chi connectivity index (χ4n) is 1.84. The molecule has 0 aliphatic rings. The number of aromatic amines is 1. The molecule has 4 heteroatoms. The Morgan fingerprint density at radius 3 is 2.53 bits per heavy atom. The topological polar surface area (TPSA) is 57.8 Å². The minimum atomic E-state index is -0.131. The third-order valence-corrected chi connectivity index (χ3v) is 3.00. The van der Waals surface area contributed by atoms with Crippen LogP contribution >= 0.6 is 0 Å². The molecule has 19 heavy (non-hydrogen) atoms. The molecule has 0 aliphatic carbocycles. The smallest absolute Gasteiger partial charge is 0.252 e. The van der Waals surface area contributed by atoms with Crippen molar-refractivity contribution < 1.29 is 0 Å². The van der Waals surface area contributed by atoms with Gasteiger partial charge in [0.15, 0.2) is 0 Å². The van der Waals surface area contributed by atoms with Gasteiger partial charge in [-0.25, -0.2) is 4.98 Å². The normalized spacial score (nSPS) is 10.7. The number of hydrogen-bond donors (Lipinski definition) is 2. The van der Waals surface area contributed by atoms with E-state index in [1.807, 2.05) is 19.1 Å². The molecule has 100 valence electrons. The Hall–Kier alpha value is -2.10. The lowest BCUT2D eigenvalue weighted by atomic mass is 10.0. The van der Waals surface area contributed by atoms with Gasteiger partial charge in [-0.2, -0.15) is 0 Å². The molecule has 0 atom stereocenters. The summed E-state index contributed by atoms with van der Waals surface area (Å²) in [4.78, 5) is 18.5. The van der Waals surface area contributed by atoms with Crippen LogP contribution in [0.1, 0.15) is 37.9 Å². The minimum Gasteiger partial charge on any atom is -0.326 e. The highest BCUT2D eigenvalue weighted by atomic mass is 16.1. The monoisotopic (exact) mass is 257 g/mol. The van der Waals surface area contributed by atoms with Crippen LogP contribution in [0, 0.1) is 0 Å². The third kappa shape index (κ3) is 3.44. The molecule has 1 aromatic heterocycles. The van der Waals surface area contributed by atoms with Crippen LogP contribution in [0.25, 0.3) is 0 Å². The van der Waals surface area contributed by atoms with E-state index < -0.39 is 0 Å². The Balaban J connectivity index is 2.21. The maximum absolute atomic E-state index is 11.5. The van der Waals surface area contributed by atoms with Crippen molar-refractivity contribution in [2.24, 2.45) is 0 Å². The van der Waals surface area contributed by atoms with E-state index in [-0.39, 0.29) is 5.56 Å². The van der Waals surface area contributed by atoms with Gasteiger partial charge in [0.25, 0.3) is 5.56 Å². The van der Waals surface area contributed by atoms with Crippen molar-refractivity contribution in [2.45, 2.75) is 33.1 Å². The van der Waals surface area contributed by atoms with E-state index in [0.29, 0.717) is 11.9 Å². The Morgan fingerprint density at radius 2 is 1.95 bits per heavy atom. The lowest BCUT2D eigenvalue weighted by molar-refractivity contribution is 0.867. The second-order valence-corrected chi connectivity index (χ2v) is 4.84. The number of rotatable bonds is 4. The number of anilines is 2. The van der Waals surface area contributed by atoms with E-state index >= 15 is 0 Å². The van der Waals surface area contributed by atoms with Crippen LogP contribution in [-0.2, 0) is 6.42 Å². The maximum atomic E-state index is 11.5. The Kier molecular flexibility index (Phi) is 4.00. The molecule has 0 saturated heterocycles. The highest BCUT2D eigenvalue weighted by molar-refractivity contribution is 5.53. The van der Waals surface area contributed by atoms with E-state index in [4.69, 9.17) is 0 Å². The third-order valence-electron chi connectivity index (χ3n) is 3.00.